The van der Waals surface area contributed by atoms with Crippen molar-refractivity contribution < 1.29 is 14.1 Å². The molecule has 3 atom stereocenters. The van der Waals surface area contributed by atoms with Crippen LogP contribution in [0.1, 0.15) is 66.8 Å². The van der Waals surface area contributed by atoms with Gasteiger partial charge in [0.25, 0.3) is 5.91 Å². The molecule has 1 amide bonds. The highest BCUT2D eigenvalue weighted by atomic mass is 79.9. The van der Waals surface area contributed by atoms with Crippen molar-refractivity contribution in [2.75, 3.05) is 19.7 Å². The predicted molar refractivity (Wildman–Crippen MR) is 163 cm³/mol. The first kappa shape index (κ1) is 29.1. The van der Waals surface area contributed by atoms with Crippen LogP contribution in [-0.4, -0.2) is 59.9 Å². The zero-order valence-electron chi connectivity index (χ0n) is 23.3. The van der Waals surface area contributed by atoms with Gasteiger partial charge in [0, 0.05) is 54.4 Å². The third-order valence-electron chi connectivity index (χ3n) is 7.48. The molecule has 40 heavy (non-hydrogen) atoms. The number of benzene rings is 2. The first-order valence-electron chi connectivity index (χ1n) is 13.8. The van der Waals surface area contributed by atoms with E-state index in [-0.39, 0.29) is 24.6 Å². The molecule has 2 N–H and O–H groups in total. The summed E-state index contributed by atoms with van der Waals surface area (Å²) in [4.78, 5) is 20.9. The van der Waals surface area contributed by atoms with E-state index in [0.29, 0.717) is 24.4 Å². The topological polar surface area (TPSA) is 85.8 Å². The third-order valence-corrected chi connectivity index (χ3v) is 9.83. The molecule has 3 heterocycles. The lowest BCUT2D eigenvalue weighted by atomic mass is 9.96. The number of halogens is 1. The molecule has 7 nitrogen and oxygen atoms in total. The largest absolute Gasteiger partial charge is 0.396 e. The highest BCUT2D eigenvalue weighted by Gasteiger charge is 2.40. The number of rotatable bonds is 8. The van der Waals surface area contributed by atoms with E-state index in [1.165, 1.54) is 5.56 Å². The van der Waals surface area contributed by atoms with Gasteiger partial charge >= 0.3 is 0 Å². The van der Waals surface area contributed by atoms with Gasteiger partial charge < -0.3 is 10.4 Å². The molecule has 2 aliphatic rings. The maximum atomic E-state index is 13.6. The fraction of sp³-hybridized carbons (Fsp3) is 0.419. The summed E-state index contributed by atoms with van der Waals surface area (Å²) in [5, 5.41) is 13.2. The summed E-state index contributed by atoms with van der Waals surface area (Å²) in [6, 6.07) is 19.9. The monoisotopic (exact) mass is 624 g/mol. The Morgan fingerprint density at radius 2 is 1.93 bits per heavy atom. The second-order valence-corrected chi connectivity index (χ2v) is 14.7. The van der Waals surface area contributed by atoms with E-state index in [1.807, 2.05) is 61.5 Å². The molecule has 0 bridgehead atoms. The standard InChI is InChI=1S/C31H37BrN4O3S/c1-31(2,3)40(39)36-19-23-17-26(30(38)33-25-12-14-35(20-25)18-21-8-5-4-6-9-21)34-29(28(23)27(36)13-15-37)22-10-7-11-24(32)16-22/h4-11,16-17,25,27,37H,12-15,18-20H2,1-3H3,(H,33,38)/t25-,27-,40?/m1/s1. The van der Waals surface area contributed by atoms with E-state index < -0.39 is 15.7 Å². The molecule has 212 valence electrons. The fourth-order valence-electron chi connectivity index (χ4n) is 5.64. The highest BCUT2D eigenvalue weighted by molar-refractivity contribution is 9.10. The second-order valence-electron chi connectivity index (χ2n) is 11.6. The maximum Gasteiger partial charge on any atom is 0.270 e. The van der Waals surface area contributed by atoms with Gasteiger partial charge in [0.05, 0.1) is 16.5 Å². The van der Waals surface area contributed by atoms with Gasteiger partial charge in [-0.15, -0.1) is 0 Å². The average molecular weight is 626 g/mol. The summed E-state index contributed by atoms with van der Waals surface area (Å²) >= 11 is 3.57. The zero-order chi connectivity index (χ0) is 28.4. The minimum atomic E-state index is -1.30. The Morgan fingerprint density at radius 3 is 2.62 bits per heavy atom. The Labute approximate surface area is 247 Å². The third kappa shape index (κ3) is 6.39. The Balaban J connectivity index is 1.44. The first-order valence-corrected chi connectivity index (χ1v) is 15.7. The molecule has 0 radical (unpaired) electrons. The number of aromatic nitrogens is 1. The summed E-state index contributed by atoms with van der Waals surface area (Å²) in [7, 11) is -1.30. The van der Waals surface area contributed by atoms with Gasteiger partial charge in [0.15, 0.2) is 0 Å². The molecule has 1 aromatic heterocycles. The van der Waals surface area contributed by atoms with Crippen LogP contribution in [0.15, 0.2) is 65.1 Å². The van der Waals surface area contributed by atoms with Crippen molar-refractivity contribution in [2.24, 2.45) is 0 Å². The number of fused-ring (bicyclic) bond motifs is 1. The minimum Gasteiger partial charge on any atom is -0.396 e. The van der Waals surface area contributed by atoms with Crippen molar-refractivity contribution in [2.45, 2.75) is 63.5 Å². The van der Waals surface area contributed by atoms with E-state index in [0.717, 1.165) is 47.2 Å². The molecule has 2 aromatic carbocycles. The number of hydrogen-bond donors (Lipinski definition) is 2. The lowest BCUT2D eigenvalue weighted by molar-refractivity contribution is 0.0932. The molecule has 9 heteroatoms. The smallest absolute Gasteiger partial charge is 0.270 e. The molecular formula is C31H37BrN4O3S. The van der Waals surface area contributed by atoms with Crippen LogP contribution in [0.5, 0.6) is 0 Å². The number of nitrogens with zero attached hydrogens (tertiary/aromatic N) is 3. The van der Waals surface area contributed by atoms with Crippen molar-refractivity contribution in [1.82, 2.24) is 19.5 Å². The van der Waals surface area contributed by atoms with E-state index in [1.54, 1.807) is 0 Å². The van der Waals surface area contributed by atoms with Crippen LogP contribution >= 0.6 is 15.9 Å². The van der Waals surface area contributed by atoms with Crippen molar-refractivity contribution in [3.63, 3.8) is 0 Å². The molecule has 1 fully saturated rings. The molecular weight excluding hydrogens is 588 g/mol. The number of likely N-dealkylation sites (tertiary alicyclic amines) is 1. The number of carbonyl (C=O) groups excluding carboxylic acids is 1. The van der Waals surface area contributed by atoms with Crippen LogP contribution in [0, 0.1) is 0 Å². The number of pyridine rings is 1. The van der Waals surface area contributed by atoms with Gasteiger partial charge in [-0.3, -0.25) is 9.69 Å². The Bertz CT molecular complexity index is 1400. The summed E-state index contributed by atoms with van der Waals surface area (Å²) in [6.45, 7) is 8.85. The molecule has 1 saturated heterocycles. The van der Waals surface area contributed by atoms with Crippen LogP contribution in [-0.2, 0) is 24.1 Å². The molecule has 5 rings (SSSR count). The summed E-state index contributed by atoms with van der Waals surface area (Å²) < 4.78 is 16.0. The minimum absolute atomic E-state index is 0.0384. The second kappa shape index (κ2) is 12.2. The van der Waals surface area contributed by atoms with Gasteiger partial charge in [0.1, 0.15) is 16.7 Å². The van der Waals surface area contributed by atoms with Crippen LogP contribution in [0.25, 0.3) is 11.3 Å². The van der Waals surface area contributed by atoms with E-state index in [9.17, 15) is 14.1 Å². The number of nitrogens with one attached hydrogen (secondary N) is 1. The average Bonchev–Trinajstić information content (AvgIpc) is 3.52. The van der Waals surface area contributed by atoms with Crippen LogP contribution in [0.2, 0.25) is 0 Å². The molecule has 0 aliphatic carbocycles. The fourth-order valence-corrected chi connectivity index (χ4v) is 7.44. The SMILES string of the molecule is CC(C)(C)S(=O)N1Cc2cc(C(=O)N[C@@H]3CCN(Cc4ccccc4)C3)nc(-c3cccc(Br)c3)c2[C@H]1CCO. The number of carbonyl (C=O) groups is 1. The molecule has 2 aliphatic heterocycles. The summed E-state index contributed by atoms with van der Waals surface area (Å²) in [6.07, 6.45) is 1.32. The molecule has 0 saturated carbocycles. The van der Waals surface area contributed by atoms with Gasteiger partial charge in [-0.1, -0.05) is 58.4 Å². The number of hydrogen-bond acceptors (Lipinski definition) is 5. The first-order chi connectivity index (χ1) is 19.1. The Hall–Kier alpha value is -2.43. The van der Waals surface area contributed by atoms with Crippen molar-refractivity contribution in [3.8, 4) is 11.3 Å². The van der Waals surface area contributed by atoms with E-state index in [2.05, 4.69) is 50.4 Å². The number of aliphatic hydroxyl groups is 1. The molecule has 1 unspecified atom stereocenters. The normalized spacial score (nSPS) is 20.4. The lowest BCUT2D eigenvalue weighted by Crippen LogP contribution is -2.37. The van der Waals surface area contributed by atoms with Crippen LogP contribution in [0.3, 0.4) is 0 Å². The summed E-state index contributed by atoms with van der Waals surface area (Å²) in [5.41, 5.74) is 5.08. The highest BCUT2D eigenvalue weighted by Crippen LogP contribution is 2.44. The van der Waals surface area contributed by atoms with Gasteiger partial charge in [-0.25, -0.2) is 13.5 Å². The predicted octanol–water partition coefficient (Wildman–Crippen LogP) is 5.22. The van der Waals surface area contributed by atoms with Crippen LogP contribution < -0.4 is 5.32 Å². The summed E-state index contributed by atoms with van der Waals surface area (Å²) in [5.74, 6) is -0.195. The van der Waals surface area contributed by atoms with Crippen molar-refractivity contribution in [3.05, 3.63) is 87.5 Å². The van der Waals surface area contributed by atoms with E-state index in [4.69, 9.17) is 4.98 Å². The van der Waals surface area contributed by atoms with Gasteiger partial charge in [-0.05, 0) is 62.9 Å². The molecule has 3 aromatic rings. The quantitative estimate of drug-likeness (QED) is 0.359. The van der Waals surface area contributed by atoms with Crippen molar-refractivity contribution in [1.29, 1.82) is 0 Å². The zero-order valence-corrected chi connectivity index (χ0v) is 25.7. The number of aliphatic hydroxyl groups excluding tert-OH is 1. The van der Waals surface area contributed by atoms with Crippen molar-refractivity contribution >= 4 is 32.8 Å². The van der Waals surface area contributed by atoms with Crippen LogP contribution in [0.4, 0.5) is 0 Å². The lowest BCUT2D eigenvalue weighted by Gasteiger charge is -2.30. The maximum absolute atomic E-state index is 13.6. The molecule has 0 spiro atoms. The Morgan fingerprint density at radius 1 is 1.15 bits per heavy atom. The van der Waals surface area contributed by atoms with Gasteiger partial charge in [-0.2, -0.15) is 0 Å². The van der Waals surface area contributed by atoms with E-state index >= 15 is 0 Å². The van der Waals surface area contributed by atoms with Gasteiger partial charge in [0.2, 0.25) is 0 Å². The Kier molecular flexibility index (Phi) is 8.87. The number of amides is 1.